The lowest BCUT2D eigenvalue weighted by Gasteiger charge is -2.26. The summed E-state index contributed by atoms with van der Waals surface area (Å²) in [5.74, 6) is 1.04. The standard InChI is InChI=1S/C13H16N4O/c18-9-12-3-1-11(2-4-12)7-16-5-6-17-10-14-15-13(17)8-16/h1-4,10,18H,5-9H2. The van der Waals surface area contributed by atoms with E-state index >= 15 is 0 Å². The molecule has 1 aromatic heterocycles. The molecule has 0 fully saturated rings. The van der Waals surface area contributed by atoms with Crippen molar-refractivity contribution in [3.05, 3.63) is 47.5 Å². The Morgan fingerprint density at radius 2 is 1.89 bits per heavy atom. The zero-order chi connectivity index (χ0) is 12.4. The minimum absolute atomic E-state index is 0.104. The first-order valence-electron chi connectivity index (χ1n) is 6.13. The van der Waals surface area contributed by atoms with Crippen LogP contribution in [0, 0.1) is 0 Å². The first kappa shape index (κ1) is 11.4. The van der Waals surface area contributed by atoms with Crippen molar-refractivity contribution in [3.63, 3.8) is 0 Å². The van der Waals surface area contributed by atoms with Crippen molar-refractivity contribution in [1.82, 2.24) is 19.7 Å². The van der Waals surface area contributed by atoms with E-state index in [9.17, 15) is 0 Å². The van der Waals surface area contributed by atoms with E-state index in [-0.39, 0.29) is 6.61 Å². The summed E-state index contributed by atoms with van der Waals surface area (Å²) in [6.45, 7) is 3.84. The summed E-state index contributed by atoms with van der Waals surface area (Å²) >= 11 is 0. The molecule has 0 aliphatic carbocycles. The molecule has 0 saturated carbocycles. The molecule has 5 nitrogen and oxygen atoms in total. The second-order valence-corrected chi connectivity index (χ2v) is 4.63. The third-order valence-electron chi connectivity index (χ3n) is 3.33. The molecule has 0 amide bonds. The zero-order valence-corrected chi connectivity index (χ0v) is 10.2. The molecule has 0 atom stereocenters. The average molecular weight is 244 g/mol. The smallest absolute Gasteiger partial charge is 0.147 e. The molecular formula is C13H16N4O. The second kappa shape index (κ2) is 4.88. The Bertz CT molecular complexity index is 520. The molecule has 1 aliphatic heterocycles. The average Bonchev–Trinajstić information content (AvgIpc) is 2.87. The fourth-order valence-electron chi connectivity index (χ4n) is 2.26. The highest BCUT2D eigenvalue weighted by Crippen LogP contribution is 2.13. The van der Waals surface area contributed by atoms with Gasteiger partial charge in [-0.2, -0.15) is 0 Å². The van der Waals surface area contributed by atoms with Gasteiger partial charge in [0, 0.05) is 19.6 Å². The van der Waals surface area contributed by atoms with Crippen molar-refractivity contribution in [2.24, 2.45) is 0 Å². The zero-order valence-electron chi connectivity index (χ0n) is 10.2. The molecule has 3 rings (SSSR count). The van der Waals surface area contributed by atoms with Crippen LogP contribution in [0.3, 0.4) is 0 Å². The molecule has 5 heteroatoms. The highest BCUT2D eigenvalue weighted by atomic mass is 16.3. The molecule has 2 aromatic rings. The summed E-state index contributed by atoms with van der Waals surface area (Å²) < 4.78 is 2.10. The predicted molar refractivity (Wildman–Crippen MR) is 66.5 cm³/mol. The maximum Gasteiger partial charge on any atom is 0.147 e. The van der Waals surface area contributed by atoms with Gasteiger partial charge >= 0.3 is 0 Å². The highest BCUT2D eigenvalue weighted by Gasteiger charge is 2.17. The number of hydrogen-bond donors (Lipinski definition) is 1. The van der Waals surface area contributed by atoms with Gasteiger partial charge in [0.05, 0.1) is 13.2 Å². The van der Waals surface area contributed by atoms with Gasteiger partial charge in [-0.25, -0.2) is 0 Å². The molecule has 0 bridgehead atoms. The van der Waals surface area contributed by atoms with E-state index in [0.29, 0.717) is 0 Å². The number of aromatic nitrogens is 3. The number of aliphatic hydroxyl groups excluding tert-OH is 1. The minimum atomic E-state index is 0.104. The van der Waals surface area contributed by atoms with E-state index in [1.165, 1.54) is 5.56 Å². The third kappa shape index (κ3) is 2.27. The summed E-state index contributed by atoms with van der Waals surface area (Å²) in [7, 11) is 0. The van der Waals surface area contributed by atoms with Gasteiger partial charge in [0.1, 0.15) is 12.2 Å². The SMILES string of the molecule is OCc1ccc(CN2CCn3cnnc3C2)cc1. The summed E-state index contributed by atoms with van der Waals surface area (Å²) in [6, 6.07) is 8.10. The minimum Gasteiger partial charge on any atom is -0.392 e. The fraction of sp³-hybridized carbons (Fsp3) is 0.385. The van der Waals surface area contributed by atoms with Crippen molar-refractivity contribution in [2.45, 2.75) is 26.2 Å². The van der Waals surface area contributed by atoms with Crippen LogP contribution in [-0.4, -0.2) is 31.3 Å². The van der Waals surface area contributed by atoms with Gasteiger partial charge in [-0.3, -0.25) is 4.90 Å². The van der Waals surface area contributed by atoms with Crippen molar-refractivity contribution >= 4 is 0 Å². The van der Waals surface area contributed by atoms with E-state index in [1.54, 1.807) is 6.33 Å². The van der Waals surface area contributed by atoms with Crippen molar-refractivity contribution in [2.75, 3.05) is 6.54 Å². The van der Waals surface area contributed by atoms with Gasteiger partial charge in [0.2, 0.25) is 0 Å². The molecule has 0 radical (unpaired) electrons. The van der Waals surface area contributed by atoms with Gasteiger partial charge in [-0.1, -0.05) is 24.3 Å². The van der Waals surface area contributed by atoms with Crippen LogP contribution in [0.15, 0.2) is 30.6 Å². The number of hydrogen-bond acceptors (Lipinski definition) is 4. The lowest BCUT2D eigenvalue weighted by Crippen LogP contribution is -2.33. The Morgan fingerprint density at radius 3 is 2.67 bits per heavy atom. The summed E-state index contributed by atoms with van der Waals surface area (Å²) in [5.41, 5.74) is 2.22. The molecule has 1 aliphatic rings. The molecule has 0 spiro atoms. The topological polar surface area (TPSA) is 54.2 Å². The molecule has 94 valence electrons. The van der Waals surface area contributed by atoms with E-state index in [4.69, 9.17) is 5.11 Å². The van der Waals surface area contributed by atoms with Crippen molar-refractivity contribution in [1.29, 1.82) is 0 Å². The lowest BCUT2D eigenvalue weighted by molar-refractivity contribution is 0.208. The molecule has 0 saturated heterocycles. The quantitative estimate of drug-likeness (QED) is 0.867. The predicted octanol–water partition coefficient (Wildman–Crippen LogP) is 0.786. The first-order valence-corrected chi connectivity index (χ1v) is 6.13. The maximum atomic E-state index is 9.01. The normalized spacial score (nSPS) is 15.6. The van der Waals surface area contributed by atoms with Crippen LogP contribution in [0.5, 0.6) is 0 Å². The summed E-state index contributed by atoms with van der Waals surface area (Å²) in [5, 5.41) is 17.0. The first-order chi connectivity index (χ1) is 8.85. The Balaban J connectivity index is 1.67. The van der Waals surface area contributed by atoms with Gasteiger partial charge in [-0.05, 0) is 11.1 Å². The Hall–Kier alpha value is -1.72. The lowest BCUT2D eigenvalue weighted by atomic mass is 10.1. The second-order valence-electron chi connectivity index (χ2n) is 4.63. The number of rotatable bonds is 3. The van der Waals surface area contributed by atoms with E-state index in [0.717, 1.165) is 37.6 Å². The van der Waals surface area contributed by atoms with Gasteiger partial charge in [0.25, 0.3) is 0 Å². The van der Waals surface area contributed by atoms with Crippen molar-refractivity contribution < 1.29 is 5.11 Å². The van der Waals surface area contributed by atoms with Crippen LogP contribution in [0.25, 0.3) is 0 Å². The monoisotopic (exact) mass is 244 g/mol. The van der Waals surface area contributed by atoms with Crippen LogP contribution in [0.2, 0.25) is 0 Å². The third-order valence-corrected chi connectivity index (χ3v) is 3.33. The van der Waals surface area contributed by atoms with Crippen LogP contribution in [0.1, 0.15) is 17.0 Å². The van der Waals surface area contributed by atoms with E-state index in [1.807, 2.05) is 12.1 Å². The molecule has 18 heavy (non-hydrogen) atoms. The molecule has 1 aromatic carbocycles. The maximum absolute atomic E-state index is 9.01. The van der Waals surface area contributed by atoms with Crippen molar-refractivity contribution in [3.8, 4) is 0 Å². The van der Waals surface area contributed by atoms with E-state index < -0.39 is 0 Å². The Morgan fingerprint density at radius 1 is 1.11 bits per heavy atom. The van der Waals surface area contributed by atoms with E-state index in [2.05, 4.69) is 31.8 Å². The number of nitrogens with zero attached hydrogens (tertiary/aromatic N) is 4. The summed E-state index contributed by atoms with van der Waals surface area (Å²) in [4.78, 5) is 2.36. The Kier molecular flexibility index (Phi) is 3.08. The van der Waals surface area contributed by atoms with Gasteiger partial charge in [-0.15, -0.1) is 10.2 Å². The van der Waals surface area contributed by atoms with Crippen LogP contribution in [0.4, 0.5) is 0 Å². The molecular weight excluding hydrogens is 228 g/mol. The largest absolute Gasteiger partial charge is 0.392 e. The number of benzene rings is 1. The molecule has 0 unspecified atom stereocenters. The fourth-order valence-corrected chi connectivity index (χ4v) is 2.26. The number of aliphatic hydroxyl groups is 1. The summed E-state index contributed by atoms with van der Waals surface area (Å²) in [6.07, 6.45) is 1.79. The van der Waals surface area contributed by atoms with Crippen LogP contribution in [-0.2, 0) is 26.2 Å². The molecule has 2 heterocycles. The highest BCUT2D eigenvalue weighted by molar-refractivity contribution is 5.22. The van der Waals surface area contributed by atoms with Gasteiger partial charge in [0.15, 0.2) is 0 Å². The number of fused-ring (bicyclic) bond motifs is 1. The van der Waals surface area contributed by atoms with Gasteiger partial charge < -0.3 is 9.67 Å². The van der Waals surface area contributed by atoms with Crippen LogP contribution >= 0.6 is 0 Å². The Labute approximate surface area is 106 Å². The van der Waals surface area contributed by atoms with Crippen LogP contribution < -0.4 is 0 Å². The molecule has 1 N–H and O–H groups in total.